The van der Waals surface area contributed by atoms with Crippen LogP contribution in [0.25, 0.3) is 0 Å². The molecular formula is C22H28F3N5O2. The summed E-state index contributed by atoms with van der Waals surface area (Å²) >= 11 is 0. The molecule has 10 heteroatoms. The van der Waals surface area contributed by atoms with Gasteiger partial charge < -0.3 is 15.8 Å². The Morgan fingerprint density at radius 1 is 1.25 bits per heavy atom. The predicted octanol–water partition coefficient (Wildman–Crippen LogP) is 3.24. The summed E-state index contributed by atoms with van der Waals surface area (Å²) < 4.78 is 44.3. The molecule has 32 heavy (non-hydrogen) atoms. The Hall–Kier alpha value is -2.88. The molecule has 1 saturated heterocycles. The topological polar surface area (TPSA) is 93.4 Å². The van der Waals surface area contributed by atoms with Crippen molar-refractivity contribution in [1.29, 1.82) is 0 Å². The molecule has 3 N–H and O–H groups in total. The number of hydrogen-bond donors (Lipinski definition) is 2. The summed E-state index contributed by atoms with van der Waals surface area (Å²) in [7, 11) is 0. The number of halogens is 3. The summed E-state index contributed by atoms with van der Waals surface area (Å²) in [5.74, 6) is -0.267. The number of nitrogens with two attached hydrogens (primary N) is 1. The number of carbonyl (C=O) groups is 1. The van der Waals surface area contributed by atoms with Gasteiger partial charge in [0.1, 0.15) is 0 Å². The first-order valence-corrected chi connectivity index (χ1v) is 10.5. The average Bonchev–Trinajstić information content (AvgIpc) is 2.73. The molecule has 1 fully saturated rings. The highest BCUT2D eigenvalue weighted by Crippen LogP contribution is 2.30. The van der Waals surface area contributed by atoms with Crippen LogP contribution in [0.15, 0.2) is 24.3 Å². The molecule has 0 saturated carbocycles. The van der Waals surface area contributed by atoms with E-state index in [1.54, 1.807) is 26.8 Å². The van der Waals surface area contributed by atoms with Gasteiger partial charge in [-0.25, -0.2) is 0 Å². The quantitative estimate of drug-likeness (QED) is 0.701. The first-order valence-electron chi connectivity index (χ1n) is 10.5. The Morgan fingerprint density at radius 3 is 2.47 bits per heavy atom. The lowest BCUT2D eigenvalue weighted by Crippen LogP contribution is -2.48. The standard InChI is InChI=1S/C22H28F3N5O2/c1-13-19(26)14(2)28-21(27-13)32-15(3)20(31)29-18-7-9-30(10-8-18)12-16-5-4-6-17(11-16)22(23,24)25/h4-6,11,15,18H,7-10,12,26H2,1-3H3,(H,29,31). The number of nitrogen functional groups attached to an aromatic ring is 1. The molecule has 1 aliphatic heterocycles. The molecule has 0 bridgehead atoms. The summed E-state index contributed by atoms with van der Waals surface area (Å²) in [4.78, 5) is 22.9. The van der Waals surface area contributed by atoms with Crippen LogP contribution in [0, 0.1) is 13.8 Å². The number of rotatable bonds is 6. The van der Waals surface area contributed by atoms with Crippen molar-refractivity contribution in [3.05, 3.63) is 46.8 Å². The molecule has 1 aromatic heterocycles. The maximum Gasteiger partial charge on any atom is 0.416 e. The van der Waals surface area contributed by atoms with Crippen molar-refractivity contribution in [3.8, 4) is 6.01 Å². The number of aromatic nitrogens is 2. The van der Waals surface area contributed by atoms with Crippen molar-refractivity contribution >= 4 is 11.6 Å². The van der Waals surface area contributed by atoms with Crippen LogP contribution in [0.3, 0.4) is 0 Å². The van der Waals surface area contributed by atoms with Crippen molar-refractivity contribution < 1.29 is 22.7 Å². The van der Waals surface area contributed by atoms with Crippen LogP contribution in [0.5, 0.6) is 6.01 Å². The van der Waals surface area contributed by atoms with Gasteiger partial charge in [0.25, 0.3) is 5.91 Å². The third kappa shape index (κ3) is 6.09. The van der Waals surface area contributed by atoms with E-state index >= 15 is 0 Å². The summed E-state index contributed by atoms with van der Waals surface area (Å²) in [6.45, 7) is 6.91. The summed E-state index contributed by atoms with van der Waals surface area (Å²) in [5.41, 5.74) is 7.50. The van der Waals surface area contributed by atoms with Gasteiger partial charge in [0.15, 0.2) is 6.10 Å². The highest BCUT2D eigenvalue weighted by molar-refractivity contribution is 5.80. The van der Waals surface area contributed by atoms with E-state index in [0.717, 1.165) is 6.07 Å². The van der Waals surface area contributed by atoms with Crippen molar-refractivity contribution in [2.45, 2.75) is 58.5 Å². The molecule has 1 atom stereocenters. The third-order valence-electron chi connectivity index (χ3n) is 5.55. The molecule has 2 heterocycles. The maximum atomic E-state index is 12.9. The second kappa shape index (κ2) is 9.72. The highest BCUT2D eigenvalue weighted by Gasteiger charge is 2.30. The molecule has 174 valence electrons. The van der Waals surface area contributed by atoms with Gasteiger partial charge in [0.2, 0.25) is 0 Å². The van der Waals surface area contributed by atoms with Crippen LogP contribution in [0.2, 0.25) is 0 Å². The van der Waals surface area contributed by atoms with Crippen LogP contribution in [0.1, 0.15) is 42.3 Å². The van der Waals surface area contributed by atoms with Crippen LogP contribution < -0.4 is 15.8 Å². The fourth-order valence-corrected chi connectivity index (χ4v) is 3.62. The van der Waals surface area contributed by atoms with Crippen LogP contribution in [-0.2, 0) is 17.5 Å². The van der Waals surface area contributed by atoms with E-state index in [2.05, 4.69) is 20.2 Å². The number of nitrogens with zero attached hydrogens (tertiary/aromatic N) is 3. The molecular weight excluding hydrogens is 423 g/mol. The predicted molar refractivity (Wildman–Crippen MR) is 114 cm³/mol. The van der Waals surface area contributed by atoms with Crippen LogP contribution in [-0.4, -0.2) is 46.0 Å². The number of alkyl halides is 3. The van der Waals surface area contributed by atoms with Gasteiger partial charge in [-0.3, -0.25) is 9.69 Å². The zero-order valence-electron chi connectivity index (χ0n) is 18.4. The minimum absolute atomic E-state index is 0.0258. The summed E-state index contributed by atoms with van der Waals surface area (Å²) in [6.07, 6.45) is -3.72. The number of ether oxygens (including phenoxy) is 1. The van der Waals surface area contributed by atoms with Crippen molar-refractivity contribution in [2.75, 3.05) is 18.8 Å². The second-order valence-electron chi connectivity index (χ2n) is 8.11. The normalized spacial score (nSPS) is 16.6. The number of aryl methyl sites for hydroxylation is 2. The van der Waals surface area contributed by atoms with Crippen LogP contribution in [0.4, 0.5) is 18.9 Å². The number of amides is 1. The maximum absolute atomic E-state index is 12.9. The molecule has 1 amide bonds. The second-order valence-corrected chi connectivity index (χ2v) is 8.11. The molecule has 0 aliphatic carbocycles. The van der Waals surface area contributed by atoms with E-state index < -0.39 is 17.8 Å². The minimum atomic E-state index is -4.35. The molecule has 3 rings (SSSR count). The average molecular weight is 451 g/mol. The number of nitrogens with one attached hydrogen (secondary N) is 1. The van der Waals surface area contributed by atoms with E-state index in [1.807, 2.05) is 0 Å². The van der Waals surface area contributed by atoms with Gasteiger partial charge in [-0.1, -0.05) is 18.2 Å². The molecule has 2 aromatic rings. The zero-order chi connectivity index (χ0) is 23.5. The monoisotopic (exact) mass is 451 g/mol. The number of anilines is 1. The lowest BCUT2D eigenvalue weighted by atomic mass is 10.0. The Morgan fingerprint density at radius 2 is 1.88 bits per heavy atom. The number of hydrogen-bond acceptors (Lipinski definition) is 6. The lowest BCUT2D eigenvalue weighted by molar-refractivity contribution is -0.137. The Kier molecular flexibility index (Phi) is 7.22. The number of piperidine rings is 1. The number of likely N-dealkylation sites (tertiary alicyclic amines) is 1. The van der Waals surface area contributed by atoms with Gasteiger partial charge in [-0.05, 0) is 45.2 Å². The first-order chi connectivity index (χ1) is 15.0. The fraction of sp³-hybridized carbons (Fsp3) is 0.500. The van der Waals surface area contributed by atoms with Gasteiger partial charge >= 0.3 is 12.2 Å². The molecule has 7 nitrogen and oxygen atoms in total. The molecule has 1 unspecified atom stereocenters. The molecule has 0 spiro atoms. The van der Waals surface area contributed by atoms with Crippen molar-refractivity contribution in [2.24, 2.45) is 0 Å². The van der Waals surface area contributed by atoms with E-state index in [0.29, 0.717) is 55.1 Å². The smallest absolute Gasteiger partial charge is 0.416 e. The zero-order valence-corrected chi connectivity index (χ0v) is 18.4. The summed E-state index contributed by atoms with van der Waals surface area (Å²) in [6, 6.07) is 5.47. The van der Waals surface area contributed by atoms with E-state index in [4.69, 9.17) is 10.5 Å². The Bertz CT molecular complexity index is 936. The molecule has 0 radical (unpaired) electrons. The number of carbonyl (C=O) groups excluding carboxylic acids is 1. The number of benzene rings is 1. The minimum Gasteiger partial charge on any atom is -0.450 e. The molecule has 1 aromatic carbocycles. The van der Waals surface area contributed by atoms with Crippen molar-refractivity contribution in [1.82, 2.24) is 20.2 Å². The summed E-state index contributed by atoms with van der Waals surface area (Å²) in [5, 5.41) is 2.97. The molecule has 1 aliphatic rings. The SMILES string of the molecule is Cc1nc(OC(C)C(=O)NC2CCN(Cc3cccc(C(F)(F)F)c3)CC2)nc(C)c1N. The third-order valence-corrected chi connectivity index (χ3v) is 5.55. The van der Waals surface area contributed by atoms with E-state index in [1.165, 1.54) is 12.1 Å². The Labute approximate surface area is 185 Å². The lowest BCUT2D eigenvalue weighted by Gasteiger charge is -2.33. The van der Waals surface area contributed by atoms with Gasteiger partial charge in [-0.15, -0.1) is 0 Å². The van der Waals surface area contributed by atoms with E-state index in [9.17, 15) is 18.0 Å². The van der Waals surface area contributed by atoms with Gasteiger partial charge in [0.05, 0.1) is 22.6 Å². The highest BCUT2D eigenvalue weighted by atomic mass is 19.4. The van der Waals surface area contributed by atoms with Crippen molar-refractivity contribution in [3.63, 3.8) is 0 Å². The van der Waals surface area contributed by atoms with Crippen LogP contribution >= 0.6 is 0 Å². The van der Waals surface area contributed by atoms with Gasteiger partial charge in [-0.2, -0.15) is 23.1 Å². The largest absolute Gasteiger partial charge is 0.450 e. The fourth-order valence-electron chi connectivity index (χ4n) is 3.62. The Balaban J connectivity index is 1.48. The first kappa shape index (κ1) is 23.8. The van der Waals surface area contributed by atoms with E-state index in [-0.39, 0.29) is 18.0 Å². The van der Waals surface area contributed by atoms with Gasteiger partial charge in [0, 0.05) is 25.7 Å².